The van der Waals surface area contributed by atoms with Crippen molar-refractivity contribution in [2.24, 2.45) is 5.10 Å². The van der Waals surface area contributed by atoms with Crippen molar-refractivity contribution in [2.75, 3.05) is 13.7 Å². The minimum absolute atomic E-state index is 0.0444. The third-order valence-electron chi connectivity index (χ3n) is 3.80. The molecule has 0 aliphatic heterocycles. The second kappa shape index (κ2) is 11.2. The summed E-state index contributed by atoms with van der Waals surface area (Å²) in [5, 5.41) is 6.79. The molecule has 156 valence electrons. The van der Waals surface area contributed by atoms with Gasteiger partial charge in [-0.15, -0.1) is 6.42 Å². The summed E-state index contributed by atoms with van der Waals surface area (Å²) in [7, 11) is 1.46. The Bertz CT molecular complexity index is 1000. The number of rotatable bonds is 8. The molecule has 0 saturated carbocycles. The van der Waals surface area contributed by atoms with Crippen LogP contribution < -0.4 is 20.2 Å². The van der Waals surface area contributed by atoms with Gasteiger partial charge >= 0.3 is 0 Å². The monoisotopic (exact) mass is 491 g/mol. The number of carbonyl (C=O) groups excluding carboxylic acids is 2. The van der Waals surface area contributed by atoms with Crippen molar-refractivity contribution in [1.82, 2.24) is 10.7 Å². The Kier molecular flexibility index (Phi) is 8.71. The summed E-state index contributed by atoms with van der Waals surface area (Å²) in [5.41, 5.74) is 3.36. The van der Waals surface area contributed by atoms with E-state index in [4.69, 9.17) is 27.5 Å². The van der Waals surface area contributed by atoms with Crippen LogP contribution in [0.4, 0.5) is 0 Å². The topological polar surface area (TPSA) is 89.0 Å². The molecule has 0 heterocycles. The molecule has 2 amide bonds. The Morgan fingerprint density at radius 3 is 2.77 bits per heavy atom. The van der Waals surface area contributed by atoms with Crippen LogP contribution in [0.25, 0.3) is 0 Å². The normalized spacial score (nSPS) is 11.4. The molecule has 9 heteroatoms. The maximum absolute atomic E-state index is 12.3. The van der Waals surface area contributed by atoms with Crippen LogP contribution in [0.5, 0.6) is 11.5 Å². The van der Waals surface area contributed by atoms with Crippen molar-refractivity contribution in [1.29, 1.82) is 0 Å². The Balaban J connectivity index is 2.00. The molecule has 0 bridgehead atoms. The summed E-state index contributed by atoms with van der Waals surface area (Å²) in [6.45, 7) is 1.60. The van der Waals surface area contributed by atoms with Gasteiger partial charge in [0.25, 0.3) is 11.8 Å². The number of carbonyl (C=O) groups is 2. The highest BCUT2D eigenvalue weighted by atomic mass is 79.9. The lowest BCUT2D eigenvalue weighted by Gasteiger charge is -2.13. The highest BCUT2D eigenvalue weighted by Gasteiger charge is 2.17. The van der Waals surface area contributed by atoms with E-state index in [1.807, 2.05) is 0 Å². The second-order valence-corrected chi connectivity index (χ2v) is 7.20. The molecule has 7 nitrogen and oxygen atoms in total. The van der Waals surface area contributed by atoms with Gasteiger partial charge in [-0.3, -0.25) is 9.59 Å². The van der Waals surface area contributed by atoms with E-state index < -0.39 is 11.9 Å². The van der Waals surface area contributed by atoms with Crippen LogP contribution in [-0.4, -0.2) is 37.8 Å². The summed E-state index contributed by atoms with van der Waals surface area (Å²) >= 11 is 9.50. The number of hydrogen-bond acceptors (Lipinski definition) is 5. The molecule has 0 spiro atoms. The number of terminal acetylenes is 1. The Hall–Kier alpha value is -3.02. The quantitative estimate of drug-likeness (QED) is 0.336. The standard InChI is InChI=1S/C21H19BrClN3O4/c1-4-9-30-19-17(23)10-14(11-18(19)29-3)12-24-26-20(27)13(2)25-21(28)15-7-5-6-8-16(15)22/h1,5-8,10-13H,9H2,2-3H3,(H,25,28)(H,26,27). The van der Waals surface area contributed by atoms with Gasteiger partial charge < -0.3 is 14.8 Å². The smallest absolute Gasteiger partial charge is 0.262 e. The van der Waals surface area contributed by atoms with Gasteiger partial charge in [-0.25, -0.2) is 5.43 Å². The number of nitrogens with one attached hydrogen (secondary N) is 2. The number of halogens is 2. The second-order valence-electron chi connectivity index (χ2n) is 5.94. The zero-order valence-corrected chi connectivity index (χ0v) is 18.6. The fraction of sp³-hybridized carbons (Fsp3) is 0.190. The number of nitrogens with zero attached hydrogens (tertiary/aromatic N) is 1. The zero-order valence-electron chi connectivity index (χ0n) is 16.2. The van der Waals surface area contributed by atoms with E-state index >= 15 is 0 Å². The average Bonchev–Trinajstić information content (AvgIpc) is 2.72. The first-order valence-corrected chi connectivity index (χ1v) is 9.86. The first-order valence-electron chi connectivity index (χ1n) is 8.69. The molecule has 0 aliphatic rings. The van der Waals surface area contributed by atoms with Crippen LogP contribution >= 0.6 is 27.5 Å². The van der Waals surface area contributed by atoms with Crippen molar-refractivity contribution < 1.29 is 19.1 Å². The molecule has 0 fully saturated rings. The predicted molar refractivity (Wildman–Crippen MR) is 119 cm³/mol. The van der Waals surface area contributed by atoms with Crippen LogP contribution in [0.3, 0.4) is 0 Å². The van der Waals surface area contributed by atoms with Crippen molar-refractivity contribution in [3.05, 3.63) is 57.0 Å². The molecule has 2 rings (SSSR count). The zero-order chi connectivity index (χ0) is 22.1. The Morgan fingerprint density at radius 1 is 1.37 bits per heavy atom. The number of amides is 2. The van der Waals surface area contributed by atoms with E-state index in [0.717, 1.165) is 0 Å². The maximum Gasteiger partial charge on any atom is 0.262 e. The Labute approximate surface area is 187 Å². The van der Waals surface area contributed by atoms with E-state index in [9.17, 15) is 9.59 Å². The number of ether oxygens (including phenoxy) is 2. The number of hydrogen-bond donors (Lipinski definition) is 2. The van der Waals surface area contributed by atoms with Gasteiger partial charge in [-0.2, -0.15) is 5.10 Å². The summed E-state index contributed by atoms with van der Waals surface area (Å²) in [6.07, 6.45) is 6.58. The molecule has 2 N–H and O–H groups in total. The van der Waals surface area contributed by atoms with Gasteiger partial charge in [0, 0.05) is 4.47 Å². The van der Waals surface area contributed by atoms with Gasteiger partial charge in [0.2, 0.25) is 0 Å². The SMILES string of the molecule is C#CCOc1c(Cl)cc(C=NNC(=O)C(C)NC(=O)c2ccccc2Br)cc1OC. The molecule has 2 aromatic carbocycles. The minimum Gasteiger partial charge on any atom is -0.493 e. The average molecular weight is 493 g/mol. The largest absolute Gasteiger partial charge is 0.493 e. The van der Waals surface area contributed by atoms with E-state index in [1.165, 1.54) is 13.3 Å². The fourth-order valence-electron chi connectivity index (χ4n) is 2.32. The van der Waals surface area contributed by atoms with E-state index in [2.05, 4.69) is 37.7 Å². The van der Waals surface area contributed by atoms with Crippen molar-refractivity contribution in [2.45, 2.75) is 13.0 Å². The minimum atomic E-state index is -0.806. The number of hydrazone groups is 1. The Morgan fingerprint density at radius 2 is 2.10 bits per heavy atom. The summed E-state index contributed by atoms with van der Waals surface area (Å²) < 4.78 is 11.2. The molecule has 0 radical (unpaired) electrons. The highest BCUT2D eigenvalue weighted by molar-refractivity contribution is 9.10. The van der Waals surface area contributed by atoms with Crippen LogP contribution in [-0.2, 0) is 4.79 Å². The molecule has 1 atom stereocenters. The first-order chi connectivity index (χ1) is 14.4. The van der Waals surface area contributed by atoms with Gasteiger partial charge in [0.1, 0.15) is 12.6 Å². The van der Waals surface area contributed by atoms with Crippen molar-refractivity contribution >= 4 is 45.6 Å². The van der Waals surface area contributed by atoms with Crippen LogP contribution in [0.2, 0.25) is 5.02 Å². The molecule has 0 saturated heterocycles. The predicted octanol–water partition coefficient (Wildman–Crippen LogP) is 3.39. The highest BCUT2D eigenvalue weighted by Crippen LogP contribution is 2.35. The van der Waals surface area contributed by atoms with Gasteiger partial charge in [0.05, 0.1) is 23.9 Å². The molecular formula is C21H19BrClN3O4. The molecule has 0 aromatic heterocycles. The lowest BCUT2D eigenvalue weighted by molar-refractivity contribution is -0.122. The molecular weight excluding hydrogens is 474 g/mol. The molecule has 0 aliphatic carbocycles. The maximum atomic E-state index is 12.3. The lowest BCUT2D eigenvalue weighted by atomic mass is 10.2. The van der Waals surface area contributed by atoms with E-state index in [-0.39, 0.29) is 17.5 Å². The van der Waals surface area contributed by atoms with Gasteiger partial charge in [-0.1, -0.05) is 29.7 Å². The van der Waals surface area contributed by atoms with Crippen LogP contribution in [0.15, 0.2) is 46.0 Å². The van der Waals surface area contributed by atoms with Crippen LogP contribution in [0, 0.1) is 12.3 Å². The summed E-state index contributed by atoms with van der Waals surface area (Å²) in [5.74, 6) is 2.18. The lowest BCUT2D eigenvalue weighted by Crippen LogP contribution is -2.43. The van der Waals surface area contributed by atoms with Gasteiger partial charge in [-0.05, 0) is 52.7 Å². The van der Waals surface area contributed by atoms with Crippen LogP contribution in [0.1, 0.15) is 22.8 Å². The first kappa shape index (κ1) is 23.3. The summed E-state index contributed by atoms with van der Waals surface area (Å²) in [6, 6.07) is 9.33. The van der Waals surface area contributed by atoms with E-state index in [0.29, 0.717) is 27.1 Å². The van der Waals surface area contributed by atoms with E-state index in [1.54, 1.807) is 43.3 Å². The molecule has 2 aromatic rings. The molecule has 1 unspecified atom stereocenters. The van der Waals surface area contributed by atoms with Crippen molar-refractivity contribution in [3.63, 3.8) is 0 Å². The number of methoxy groups -OCH3 is 1. The third kappa shape index (κ3) is 6.24. The number of benzene rings is 2. The fourth-order valence-corrected chi connectivity index (χ4v) is 3.06. The molecule has 30 heavy (non-hydrogen) atoms. The third-order valence-corrected chi connectivity index (χ3v) is 4.77. The summed E-state index contributed by atoms with van der Waals surface area (Å²) in [4.78, 5) is 24.5. The van der Waals surface area contributed by atoms with Gasteiger partial charge in [0.15, 0.2) is 11.5 Å². The van der Waals surface area contributed by atoms with Crippen molar-refractivity contribution in [3.8, 4) is 23.8 Å².